The Morgan fingerprint density at radius 2 is 1.78 bits per heavy atom. The number of methoxy groups -OCH3 is 1. The average Bonchev–Trinajstić information content (AvgIpc) is 2.55. The Kier molecular flexibility index (Phi) is 6.31. The summed E-state index contributed by atoms with van der Waals surface area (Å²) in [6.07, 6.45) is 0. The number of rotatable bonds is 6. The lowest BCUT2D eigenvalue weighted by Gasteiger charge is -2.08. The van der Waals surface area contributed by atoms with Gasteiger partial charge in [0.05, 0.1) is 6.61 Å². The lowest BCUT2D eigenvalue weighted by molar-refractivity contribution is 0.0936. The molecule has 0 fully saturated rings. The van der Waals surface area contributed by atoms with E-state index < -0.39 is 0 Å². The fourth-order valence-corrected chi connectivity index (χ4v) is 2.31. The number of hydrogen-bond acceptors (Lipinski definition) is 3. The lowest BCUT2D eigenvalue weighted by Crippen LogP contribution is -2.26. The fraction of sp³-hybridized carbons (Fsp3) is 0.176. The number of nitrogens with one attached hydrogen (secondary N) is 2. The topological polar surface area (TPSA) is 67.4 Å². The minimum absolute atomic E-state index is 0.174. The van der Waals surface area contributed by atoms with E-state index in [-0.39, 0.29) is 11.8 Å². The van der Waals surface area contributed by atoms with Crippen LogP contribution in [0.1, 0.15) is 20.7 Å². The number of hydrogen-bond donors (Lipinski definition) is 2. The predicted octanol–water partition coefficient (Wildman–Crippen LogP) is 3.08. The molecule has 5 nitrogen and oxygen atoms in total. The molecule has 2 amide bonds. The van der Waals surface area contributed by atoms with Crippen molar-refractivity contribution in [1.29, 1.82) is 0 Å². The van der Waals surface area contributed by atoms with Crippen molar-refractivity contribution in [3.05, 3.63) is 64.1 Å². The molecule has 0 spiro atoms. The van der Waals surface area contributed by atoms with Gasteiger partial charge in [0.15, 0.2) is 0 Å². The smallest absolute Gasteiger partial charge is 0.255 e. The molecule has 0 unspecified atom stereocenters. The summed E-state index contributed by atoms with van der Waals surface area (Å²) >= 11 is 3.33. The summed E-state index contributed by atoms with van der Waals surface area (Å²) in [5.74, 6) is -0.379. The van der Waals surface area contributed by atoms with Gasteiger partial charge in [0, 0.05) is 34.9 Å². The number of ether oxygens (including phenoxy) is 1. The van der Waals surface area contributed by atoms with E-state index in [1.807, 2.05) is 6.07 Å². The number of carbonyl (C=O) groups excluding carboxylic acids is 2. The van der Waals surface area contributed by atoms with Gasteiger partial charge in [-0.25, -0.2) is 0 Å². The van der Waals surface area contributed by atoms with Crippen molar-refractivity contribution in [3.8, 4) is 0 Å². The van der Waals surface area contributed by atoms with Crippen LogP contribution in [0.3, 0.4) is 0 Å². The summed E-state index contributed by atoms with van der Waals surface area (Å²) in [5.41, 5.74) is 1.71. The maximum Gasteiger partial charge on any atom is 0.255 e. The number of benzene rings is 2. The quantitative estimate of drug-likeness (QED) is 0.761. The van der Waals surface area contributed by atoms with Gasteiger partial charge in [-0.05, 0) is 42.5 Å². The molecule has 2 aromatic rings. The molecule has 0 saturated heterocycles. The first-order chi connectivity index (χ1) is 11.1. The summed E-state index contributed by atoms with van der Waals surface area (Å²) in [4.78, 5) is 24.0. The average molecular weight is 377 g/mol. The van der Waals surface area contributed by atoms with Gasteiger partial charge >= 0.3 is 0 Å². The summed E-state index contributed by atoms with van der Waals surface area (Å²) < 4.78 is 5.72. The molecular formula is C17H17BrN2O3. The predicted molar refractivity (Wildman–Crippen MR) is 92.7 cm³/mol. The molecule has 6 heteroatoms. The zero-order valence-electron chi connectivity index (χ0n) is 12.6. The second-order valence-electron chi connectivity index (χ2n) is 4.79. The second kappa shape index (κ2) is 8.45. The Labute approximate surface area is 143 Å². The highest BCUT2D eigenvalue weighted by Gasteiger charge is 2.08. The summed E-state index contributed by atoms with van der Waals surface area (Å²) in [5, 5.41) is 5.53. The van der Waals surface area contributed by atoms with Gasteiger partial charge in [0.2, 0.25) is 0 Å². The van der Waals surface area contributed by atoms with Gasteiger partial charge in [0.25, 0.3) is 11.8 Å². The molecule has 120 valence electrons. The van der Waals surface area contributed by atoms with Crippen molar-refractivity contribution in [2.24, 2.45) is 0 Å². The van der Waals surface area contributed by atoms with Gasteiger partial charge in [-0.3, -0.25) is 9.59 Å². The summed E-state index contributed by atoms with van der Waals surface area (Å²) in [7, 11) is 1.58. The highest BCUT2D eigenvalue weighted by Crippen LogP contribution is 2.15. The Morgan fingerprint density at radius 1 is 1.04 bits per heavy atom. The van der Waals surface area contributed by atoms with E-state index in [2.05, 4.69) is 26.6 Å². The highest BCUT2D eigenvalue weighted by molar-refractivity contribution is 9.10. The summed E-state index contributed by atoms with van der Waals surface area (Å²) in [6, 6.07) is 13.9. The van der Waals surface area contributed by atoms with Crippen LogP contribution in [0.5, 0.6) is 0 Å². The molecule has 2 aromatic carbocycles. The zero-order valence-corrected chi connectivity index (χ0v) is 14.2. The number of carbonyl (C=O) groups is 2. The SMILES string of the molecule is COCCNC(=O)c1ccc(NC(=O)c2cccc(Br)c2)cc1. The summed E-state index contributed by atoms with van der Waals surface area (Å²) in [6.45, 7) is 0.920. The normalized spacial score (nSPS) is 10.2. The third kappa shape index (κ3) is 5.19. The van der Waals surface area contributed by atoms with Gasteiger partial charge in [-0.15, -0.1) is 0 Å². The van der Waals surface area contributed by atoms with Crippen molar-refractivity contribution in [1.82, 2.24) is 5.32 Å². The maximum atomic E-state index is 12.1. The Bertz CT molecular complexity index is 686. The van der Waals surface area contributed by atoms with Gasteiger partial charge in [-0.1, -0.05) is 22.0 Å². The van der Waals surface area contributed by atoms with Crippen LogP contribution < -0.4 is 10.6 Å². The number of halogens is 1. The van der Waals surface area contributed by atoms with Crippen molar-refractivity contribution in [2.75, 3.05) is 25.6 Å². The number of anilines is 1. The van der Waals surface area contributed by atoms with E-state index in [9.17, 15) is 9.59 Å². The van der Waals surface area contributed by atoms with E-state index in [0.29, 0.717) is 30.0 Å². The highest BCUT2D eigenvalue weighted by atomic mass is 79.9. The molecule has 2 rings (SSSR count). The molecule has 0 atom stereocenters. The van der Waals surface area contributed by atoms with Crippen LogP contribution in [0.15, 0.2) is 53.0 Å². The first-order valence-electron chi connectivity index (χ1n) is 7.04. The molecule has 0 saturated carbocycles. The van der Waals surface area contributed by atoms with Crippen LogP contribution in [-0.4, -0.2) is 32.1 Å². The first kappa shape index (κ1) is 17.2. The fourth-order valence-electron chi connectivity index (χ4n) is 1.91. The van der Waals surface area contributed by atoms with Crippen LogP contribution in [0.25, 0.3) is 0 Å². The van der Waals surface area contributed by atoms with Crippen LogP contribution in [0, 0.1) is 0 Å². The molecule has 2 N–H and O–H groups in total. The van der Waals surface area contributed by atoms with Crippen molar-refractivity contribution in [2.45, 2.75) is 0 Å². The molecular weight excluding hydrogens is 360 g/mol. The third-order valence-corrected chi connectivity index (χ3v) is 3.58. The second-order valence-corrected chi connectivity index (χ2v) is 5.71. The number of amides is 2. The molecule has 0 radical (unpaired) electrons. The molecule has 0 aromatic heterocycles. The minimum Gasteiger partial charge on any atom is -0.383 e. The van der Waals surface area contributed by atoms with E-state index in [0.717, 1.165) is 4.47 Å². The molecule has 0 aliphatic heterocycles. The van der Waals surface area contributed by atoms with Crippen molar-refractivity contribution >= 4 is 33.4 Å². The Balaban J connectivity index is 1.97. The van der Waals surface area contributed by atoms with Gasteiger partial charge in [0.1, 0.15) is 0 Å². The van der Waals surface area contributed by atoms with Crippen LogP contribution >= 0.6 is 15.9 Å². The largest absolute Gasteiger partial charge is 0.383 e. The molecule has 23 heavy (non-hydrogen) atoms. The van der Waals surface area contributed by atoms with E-state index in [1.54, 1.807) is 49.6 Å². The molecule has 0 heterocycles. The van der Waals surface area contributed by atoms with E-state index >= 15 is 0 Å². The van der Waals surface area contributed by atoms with Crippen molar-refractivity contribution in [3.63, 3.8) is 0 Å². The molecule has 0 aliphatic rings. The molecule has 0 aliphatic carbocycles. The van der Waals surface area contributed by atoms with Crippen molar-refractivity contribution < 1.29 is 14.3 Å². The third-order valence-electron chi connectivity index (χ3n) is 3.08. The molecule has 0 bridgehead atoms. The standard InChI is InChI=1S/C17H17BrN2O3/c1-23-10-9-19-16(21)12-5-7-15(8-6-12)20-17(22)13-3-2-4-14(18)11-13/h2-8,11H,9-10H2,1H3,(H,19,21)(H,20,22). The van der Waals surface area contributed by atoms with E-state index in [1.165, 1.54) is 0 Å². The lowest BCUT2D eigenvalue weighted by atomic mass is 10.1. The van der Waals surface area contributed by atoms with Gasteiger partial charge in [-0.2, -0.15) is 0 Å². The first-order valence-corrected chi connectivity index (χ1v) is 7.83. The monoisotopic (exact) mass is 376 g/mol. The zero-order chi connectivity index (χ0) is 16.7. The van der Waals surface area contributed by atoms with Crippen LogP contribution in [0.4, 0.5) is 5.69 Å². The van der Waals surface area contributed by atoms with Crippen LogP contribution in [-0.2, 0) is 4.74 Å². The minimum atomic E-state index is -0.205. The van der Waals surface area contributed by atoms with Crippen LogP contribution in [0.2, 0.25) is 0 Å². The Morgan fingerprint density at radius 3 is 2.43 bits per heavy atom. The maximum absolute atomic E-state index is 12.1. The Hall–Kier alpha value is -2.18. The van der Waals surface area contributed by atoms with E-state index in [4.69, 9.17) is 4.74 Å². The van der Waals surface area contributed by atoms with Gasteiger partial charge < -0.3 is 15.4 Å².